The minimum absolute atomic E-state index is 0.583. The fourth-order valence-electron chi connectivity index (χ4n) is 6.52. The van der Waals surface area contributed by atoms with Gasteiger partial charge in [0.25, 0.3) is 0 Å². The maximum atomic E-state index is 6.35. The molecule has 3 nitrogen and oxygen atoms in total. The van der Waals surface area contributed by atoms with Gasteiger partial charge < -0.3 is 4.42 Å². The quantitative estimate of drug-likeness (QED) is 0.197. The second kappa shape index (κ2) is 11.2. The average molecular weight is 601 g/mol. The number of hydrogen-bond donors (Lipinski definition) is 0. The highest BCUT2D eigenvalue weighted by Crippen LogP contribution is 2.38. The van der Waals surface area contributed by atoms with Crippen molar-refractivity contribution < 1.29 is 4.42 Å². The van der Waals surface area contributed by atoms with E-state index in [2.05, 4.69) is 146 Å². The van der Waals surface area contributed by atoms with E-state index in [9.17, 15) is 0 Å². The van der Waals surface area contributed by atoms with Gasteiger partial charge in [0.2, 0.25) is 5.71 Å². The van der Waals surface area contributed by atoms with Gasteiger partial charge in [-0.15, -0.1) is 0 Å². The van der Waals surface area contributed by atoms with Gasteiger partial charge in [0.15, 0.2) is 5.82 Å². The van der Waals surface area contributed by atoms with Crippen LogP contribution in [0.1, 0.15) is 0 Å². The van der Waals surface area contributed by atoms with E-state index in [-0.39, 0.29) is 0 Å². The van der Waals surface area contributed by atoms with Crippen molar-refractivity contribution in [2.24, 2.45) is 0 Å². The van der Waals surface area contributed by atoms with Gasteiger partial charge in [-0.25, -0.2) is 4.98 Å². The number of rotatable bonds is 5. The Morgan fingerprint density at radius 1 is 0.362 bits per heavy atom. The number of fused-ring (bicyclic) bond motifs is 4. The highest BCUT2D eigenvalue weighted by Gasteiger charge is 2.19. The van der Waals surface area contributed by atoms with Crippen molar-refractivity contribution in [1.29, 1.82) is 0 Å². The fourth-order valence-corrected chi connectivity index (χ4v) is 6.52. The van der Waals surface area contributed by atoms with Crippen molar-refractivity contribution in [3.8, 4) is 56.0 Å². The summed E-state index contributed by atoms with van der Waals surface area (Å²) >= 11 is 0. The Labute approximate surface area is 272 Å². The van der Waals surface area contributed by atoms with Crippen LogP contribution >= 0.6 is 0 Å². The van der Waals surface area contributed by atoms with Crippen molar-refractivity contribution in [3.63, 3.8) is 0 Å². The molecule has 0 amide bonds. The van der Waals surface area contributed by atoms with E-state index >= 15 is 0 Å². The smallest absolute Gasteiger partial charge is 0.231 e. The van der Waals surface area contributed by atoms with Crippen molar-refractivity contribution in [3.05, 3.63) is 170 Å². The standard InChI is InChI=1S/C44H28N2O/c1-2-11-29(12-3-1)32-15-9-19-37(27-32)42-41-39-21-6-7-22-40(39)47-44(41)46-43(45-42)38-20-10-18-35(28-38)33-16-8-17-34(26-33)36-24-23-30-13-4-5-14-31(30)25-36/h1-28H. The zero-order valence-corrected chi connectivity index (χ0v) is 25.5. The molecule has 0 fully saturated rings. The lowest BCUT2D eigenvalue weighted by molar-refractivity contribution is 0.653. The maximum Gasteiger partial charge on any atom is 0.231 e. The van der Waals surface area contributed by atoms with Gasteiger partial charge in [0.05, 0.1) is 11.1 Å². The van der Waals surface area contributed by atoms with Crippen molar-refractivity contribution in [2.45, 2.75) is 0 Å². The average Bonchev–Trinajstić information content (AvgIpc) is 3.53. The minimum Gasteiger partial charge on any atom is -0.438 e. The highest BCUT2D eigenvalue weighted by molar-refractivity contribution is 6.10. The number of benzene rings is 7. The molecule has 0 spiro atoms. The largest absolute Gasteiger partial charge is 0.438 e. The van der Waals surface area contributed by atoms with Crippen LogP contribution in [0.15, 0.2) is 174 Å². The lowest BCUT2D eigenvalue weighted by atomic mass is 9.96. The minimum atomic E-state index is 0.583. The van der Waals surface area contributed by atoms with Gasteiger partial charge in [-0.05, 0) is 74.5 Å². The Hall–Kier alpha value is -6.32. The summed E-state index contributed by atoms with van der Waals surface area (Å²) < 4.78 is 6.35. The maximum absolute atomic E-state index is 6.35. The molecule has 0 atom stereocenters. The zero-order chi connectivity index (χ0) is 31.2. The molecule has 0 unspecified atom stereocenters. The molecule has 47 heavy (non-hydrogen) atoms. The molecule has 0 radical (unpaired) electrons. The highest BCUT2D eigenvalue weighted by atomic mass is 16.3. The predicted octanol–water partition coefficient (Wildman–Crippen LogP) is 11.9. The number of hydrogen-bond acceptors (Lipinski definition) is 3. The molecule has 2 heterocycles. The Balaban J connectivity index is 1.17. The topological polar surface area (TPSA) is 38.9 Å². The lowest BCUT2D eigenvalue weighted by Crippen LogP contribution is -1.94. The normalized spacial score (nSPS) is 11.4. The molecule has 0 aliphatic heterocycles. The third-order valence-electron chi connectivity index (χ3n) is 8.88. The zero-order valence-electron chi connectivity index (χ0n) is 25.5. The van der Waals surface area contributed by atoms with E-state index in [1.807, 2.05) is 24.3 Å². The SMILES string of the molecule is c1ccc(-c2cccc(-c3nc(-c4cccc(-c5cccc(-c6ccc7ccccc7c6)c5)c4)nc4oc5ccccc5c34)c2)cc1. The van der Waals surface area contributed by atoms with E-state index in [0.29, 0.717) is 11.5 Å². The van der Waals surface area contributed by atoms with E-state index < -0.39 is 0 Å². The van der Waals surface area contributed by atoms with E-state index in [1.165, 1.54) is 21.9 Å². The first-order chi connectivity index (χ1) is 23.3. The molecule has 9 aromatic rings. The molecule has 0 saturated heterocycles. The van der Waals surface area contributed by atoms with Crippen LogP contribution in [-0.2, 0) is 0 Å². The summed E-state index contributed by atoms with van der Waals surface area (Å²) in [6.07, 6.45) is 0. The molecule has 0 bridgehead atoms. The van der Waals surface area contributed by atoms with Gasteiger partial charge >= 0.3 is 0 Å². The van der Waals surface area contributed by atoms with Gasteiger partial charge in [-0.3, -0.25) is 0 Å². The van der Waals surface area contributed by atoms with E-state index in [1.54, 1.807) is 0 Å². The molecule has 9 rings (SSSR count). The third-order valence-corrected chi connectivity index (χ3v) is 8.88. The molecular weight excluding hydrogens is 572 g/mol. The van der Waals surface area contributed by atoms with Crippen LogP contribution < -0.4 is 0 Å². The van der Waals surface area contributed by atoms with E-state index in [4.69, 9.17) is 14.4 Å². The van der Waals surface area contributed by atoms with Crippen LogP contribution in [0.2, 0.25) is 0 Å². The summed E-state index contributed by atoms with van der Waals surface area (Å²) in [6, 6.07) is 59.4. The second-order valence-corrected chi connectivity index (χ2v) is 11.8. The Kier molecular flexibility index (Phi) is 6.46. The molecule has 0 N–H and O–H groups in total. The molecule has 0 aliphatic carbocycles. The number of nitrogens with zero attached hydrogens (tertiary/aromatic N) is 2. The van der Waals surface area contributed by atoms with Crippen LogP contribution in [0.5, 0.6) is 0 Å². The van der Waals surface area contributed by atoms with Gasteiger partial charge in [0, 0.05) is 16.5 Å². The summed E-state index contributed by atoms with van der Waals surface area (Å²) in [7, 11) is 0. The fraction of sp³-hybridized carbons (Fsp3) is 0. The van der Waals surface area contributed by atoms with Crippen LogP contribution in [0.25, 0.3) is 88.9 Å². The first-order valence-corrected chi connectivity index (χ1v) is 15.8. The van der Waals surface area contributed by atoms with Crippen LogP contribution in [0, 0.1) is 0 Å². The van der Waals surface area contributed by atoms with Crippen LogP contribution in [-0.4, -0.2) is 9.97 Å². The third kappa shape index (κ3) is 4.95. The lowest BCUT2D eigenvalue weighted by Gasteiger charge is -2.11. The number of para-hydroxylation sites is 1. The van der Waals surface area contributed by atoms with Gasteiger partial charge in [-0.2, -0.15) is 4.98 Å². The van der Waals surface area contributed by atoms with Gasteiger partial charge in [0.1, 0.15) is 5.58 Å². The summed E-state index contributed by atoms with van der Waals surface area (Å²) in [4.78, 5) is 10.3. The van der Waals surface area contributed by atoms with Crippen LogP contribution in [0.3, 0.4) is 0 Å². The number of furan rings is 1. The molecular formula is C44H28N2O. The van der Waals surface area contributed by atoms with Gasteiger partial charge in [-0.1, -0.05) is 140 Å². The summed E-state index contributed by atoms with van der Waals surface area (Å²) in [5.41, 5.74) is 11.1. The first-order valence-electron chi connectivity index (χ1n) is 15.8. The number of aromatic nitrogens is 2. The molecule has 3 heteroatoms. The Morgan fingerprint density at radius 3 is 1.70 bits per heavy atom. The monoisotopic (exact) mass is 600 g/mol. The molecule has 2 aromatic heterocycles. The molecule has 220 valence electrons. The first kappa shape index (κ1) is 27.0. The van der Waals surface area contributed by atoms with Crippen molar-refractivity contribution in [1.82, 2.24) is 9.97 Å². The predicted molar refractivity (Wildman–Crippen MR) is 194 cm³/mol. The van der Waals surface area contributed by atoms with Crippen molar-refractivity contribution >= 4 is 32.8 Å². The van der Waals surface area contributed by atoms with E-state index in [0.717, 1.165) is 55.4 Å². The molecule has 0 aliphatic rings. The van der Waals surface area contributed by atoms with Crippen LogP contribution in [0.4, 0.5) is 0 Å². The second-order valence-electron chi connectivity index (χ2n) is 11.8. The summed E-state index contributed by atoms with van der Waals surface area (Å²) in [5, 5.41) is 4.41. The molecule has 7 aromatic carbocycles. The summed E-state index contributed by atoms with van der Waals surface area (Å²) in [6.45, 7) is 0. The Bertz CT molecular complexity index is 2580. The Morgan fingerprint density at radius 2 is 0.915 bits per heavy atom. The summed E-state index contributed by atoms with van der Waals surface area (Å²) in [5.74, 6) is 0.629. The molecule has 0 saturated carbocycles. The van der Waals surface area contributed by atoms with Crippen molar-refractivity contribution in [2.75, 3.05) is 0 Å².